The fourth-order valence-electron chi connectivity index (χ4n) is 7.62. The fourth-order valence-corrected chi connectivity index (χ4v) is 7.62. The highest BCUT2D eigenvalue weighted by Crippen LogP contribution is 2.39. The average molecular weight is 698 g/mol. The van der Waals surface area contributed by atoms with E-state index in [1.807, 2.05) is 62.4 Å². The third-order valence-corrected chi connectivity index (χ3v) is 9.98. The maximum atomic E-state index is 14.2. The molecule has 11 heteroatoms. The molecule has 3 fully saturated rings. The van der Waals surface area contributed by atoms with Crippen LogP contribution in [-0.2, 0) is 38.5 Å². The van der Waals surface area contributed by atoms with Crippen LogP contribution >= 0.6 is 0 Å². The maximum Gasteiger partial charge on any atom is 0.412 e. The van der Waals surface area contributed by atoms with Gasteiger partial charge in [0.1, 0.15) is 24.2 Å². The second kappa shape index (κ2) is 15.1. The van der Waals surface area contributed by atoms with Gasteiger partial charge in [0, 0.05) is 19.6 Å². The first-order chi connectivity index (χ1) is 24.6. The van der Waals surface area contributed by atoms with Crippen molar-refractivity contribution in [1.82, 2.24) is 9.80 Å². The van der Waals surface area contributed by atoms with Crippen molar-refractivity contribution in [2.24, 2.45) is 11.8 Å². The Morgan fingerprint density at radius 2 is 1.75 bits per heavy atom. The number of fused-ring (bicyclic) bond motifs is 2. The van der Waals surface area contributed by atoms with Crippen molar-refractivity contribution in [3.8, 4) is 23.3 Å². The Morgan fingerprint density at radius 1 is 1.00 bits per heavy atom. The zero-order valence-corrected chi connectivity index (χ0v) is 29.8. The zero-order valence-electron chi connectivity index (χ0n) is 29.8. The Hall–Kier alpha value is -4.34. The fraction of sp³-hybridized carbons (Fsp3) is 0.500. The molecule has 0 unspecified atom stereocenters. The number of rotatable bonds is 12. The molecule has 4 aliphatic rings. The van der Waals surface area contributed by atoms with Crippen LogP contribution in [0.5, 0.6) is 17.2 Å². The van der Waals surface area contributed by atoms with E-state index in [4.69, 9.17) is 38.4 Å². The lowest BCUT2D eigenvalue weighted by Crippen LogP contribution is -2.51. The van der Waals surface area contributed by atoms with Crippen molar-refractivity contribution in [2.75, 3.05) is 33.1 Å². The van der Waals surface area contributed by atoms with Gasteiger partial charge in [-0.05, 0) is 85.7 Å². The van der Waals surface area contributed by atoms with Crippen LogP contribution in [0.15, 0.2) is 66.7 Å². The van der Waals surface area contributed by atoms with Gasteiger partial charge in [-0.2, -0.15) is 5.26 Å². The van der Waals surface area contributed by atoms with Gasteiger partial charge in [-0.25, -0.2) is 4.79 Å². The first kappa shape index (κ1) is 35.1. The highest BCUT2D eigenvalue weighted by molar-refractivity contribution is 5.70. The van der Waals surface area contributed by atoms with Crippen molar-refractivity contribution in [3.63, 3.8) is 0 Å². The van der Waals surface area contributed by atoms with Crippen molar-refractivity contribution < 1.29 is 38.0 Å². The molecule has 3 aromatic carbocycles. The molecule has 4 aliphatic heterocycles. The van der Waals surface area contributed by atoms with Gasteiger partial charge in [0.25, 0.3) is 0 Å². The number of carbonyl (C=O) groups is 1. The number of nitrogens with zero attached hydrogens (tertiary/aromatic N) is 3. The second-order valence-electron chi connectivity index (χ2n) is 14.7. The lowest BCUT2D eigenvalue weighted by atomic mass is 9.99. The summed E-state index contributed by atoms with van der Waals surface area (Å²) in [5.74, 6) is 2.71. The third-order valence-electron chi connectivity index (χ3n) is 9.98. The molecule has 51 heavy (non-hydrogen) atoms. The molecular weight excluding hydrogens is 650 g/mol. The largest absolute Gasteiger partial charge is 0.489 e. The van der Waals surface area contributed by atoms with Crippen LogP contribution in [0.1, 0.15) is 56.4 Å². The number of hydrogen-bond donors (Lipinski definition) is 0. The average Bonchev–Trinajstić information content (AvgIpc) is 3.89. The minimum atomic E-state index is -0.913. The summed E-state index contributed by atoms with van der Waals surface area (Å²) in [6.07, 6.45) is -0.00560. The summed E-state index contributed by atoms with van der Waals surface area (Å²) in [6, 6.07) is 23.3. The minimum absolute atomic E-state index is 0.0369. The van der Waals surface area contributed by atoms with E-state index < -0.39 is 11.8 Å². The summed E-state index contributed by atoms with van der Waals surface area (Å²) in [5.41, 5.74) is 2.86. The molecule has 3 saturated heterocycles. The van der Waals surface area contributed by atoms with Crippen LogP contribution in [0, 0.1) is 23.2 Å². The summed E-state index contributed by atoms with van der Waals surface area (Å²) < 4.78 is 41.7. The van der Waals surface area contributed by atoms with Crippen LogP contribution in [0.2, 0.25) is 0 Å². The summed E-state index contributed by atoms with van der Waals surface area (Å²) in [6.45, 7) is 12.0. The number of benzene rings is 3. The number of amides is 1. The monoisotopic (exact) mass is 697 g/mol. The van der Waals surface area contributed by atoms with Crippen LogP contribution < -0.4 is 14.2 Å². The predicted octanol–water partition coefficient (Wildman–Crippen LogP) is 6.27. The normalized spacial score (nSPS) is 24.6. The summed E-state index contributed by atoms with van der Waals surface area (Å²) >= 11 is 0. The minimum Gasteiger partial charge on any atom is -0.489 e. The van der Waals surface area contributed by atoms with Gasteiger partial charge in [-0.1, -0.05) is 44.2 Å². The van der Waals surface area contributed by atoms with E-state index in [2.05, 4.69) is 30.9 Å². The molecule has 0 bridgehead atoms. The van der Waals surface area contributed by atoms with Crippen LogP contribution in [0.25, 0.3) is 0 Å². The maximum absolute atomic E-state index is 14.2. The predicted molar refractivity (Wildman–Crippen MR) is 187 cm³/mol. The summed E-state index contributed by atoms with van der Waals surface area (Å²) in [5, 5.41) is 9.08. The third kappa shape index (κ3) is 8.10. The first-order valence-electron chi connectivity index (χ1n) is 17.9. The SMILES string of the molecule is CC(C)CN(Cc1ccc2c(c1)OCO2)C[C@H]1OC(C)(C)N(C(=O)O[C@H]2CO[C@H]3OCC[C@H]32)[C@H]1Cc1ccc(OCc2ccc(C#N)cc2)cc1. The van der Waals surface area contributed by atoms with Gasteiger partial charge in [0.2, 0.25) is 6.79 Å². The van der Waals surface area contributed by atoms with E-state index in [-0.39, 0.29) is 37.3 Å². The highest BCUT2D eigenvalue weighted by Gasteiger charge is 2.52. The smallest absolute Gasteiger partial charge is 0.412 e. The van der Waals surface area contributed by atoms with Crippen LogP contribution in [0.4, 0.5) is 4.79 Å². The van der Waals surface area contributed by atoms with Gasteiger partial charge in [0.05, 0.1) is 42.9 Å². The van der Waals surface area contributed by atoms with Crippen molar-refractivity contribution in [3.05, 3.63) is 89.0 Å². The summed E-state index contributed by atoms with van der Waals surface area (Å²) in [7, 11) is 0. The van der Waals surface area contributed by atoms with Gasteiger partial charge in [0.15, 0.2) is 17.8 Å². The molecule has 270 valence electrons. The van der Waals surface area contributed by atoms with Crippen LogP contribution in [0.3, 0.4) is 0 Å². The van der Waals surface area contributed by atoms with Crippen molar-refractivity contribution >= 4 is 6.09 Å². The molecule has 4 heterocycles. The molecule has 3 aromatic rings. The molecular formula is C40H47N3O8. The van der Waals surface area contributed by atoms with Crippen molar-refractivity contribution in [1.29, 1.82) is 5.26 Å². The highest BCUT2D eigenvalue weighted by atomic mass is 16.7. The Labute approximate surface area is 299 Å². The molecule has 5 atom stereocenters. The van der Waals surface area contributed by atoms with Crippen molar-refractivity contribution in [2.45, 2.75) is 84.0 Å². The Balaban J connectivity index is 1.10. The number of hydrogen-bond acceptors (Lipinski definition) is 10. The molecule has 1 amide bonds. The van der Waals surface area contributed by atoms with E-state index in [1.54, 1.807) is 17.0 Å². The quantitative estimate of drug-likeness (QED) is 0.215. The lowest BCUT2D eigenvalue weighted by Gasteiger charge is -2.34. The number of carbonyl (C=O) groups excluding carboxylic acids is 1. The Morgan fingerprint density at radius 3 is 2.51 bits per heavy atom. The van der Waals surface area contributed by atoms with E-state index in [1.165, 1.54) is 0 Å². The summed E-state index contributed by atoms with van der Waals surface area (Å²) in [4.78, 5) is 18.4. The van der Waals surface area contributed by atoms with E-state index in [0.29, 0.717) is 50.8 Å². The van der Waals surface area contributed by atoms with Gasteiger partial charge in [-0.3, -0.25) is 9.80 Å². The second-order valence-corrected chi connectivity index (χ2v) is 14.7. The molecule has 0 saturated carbocycles. The molecule has 0 spiro atoms. The number of nitriles is 1. The van der Waals surface area contributed by atoms with Gasteiger partial charge >= 0.3 is 6.09 Å². The van der Waals surface area contributed by atoms with Gasteiger partial charge in [-0.15, -0.1) is 0 Å². The van der Waals surface area contributed by atoms with Crippen LogP contribution in [-0.4, -0.2) is 79.3 Å². The molecule has 0 N–H and O–H groups in total. The molecule has 0 aliphatic carbocycles. The lowest BCUT2D eigenvalue weighted by molar-refractivity contribution is -0.0912. The molecule has 0 aromatic heterocycles. The standard InChI is InChI=1S/C40H47N3O8/c1-26(2)20-42(21-30-11-14-34-35(18-30)49-25-48-34)22-36-33(17-27-9-12-31(13-10-27)46-23-29-7-5-28(19-41)6-8-29)43(40(3,4)51-36)39(44)50-37-24-47-38-32(37)15-16-45-38/h5-14,18,26,32-33,36-38H,15-17,20-25H2,1-4H3/t32-,33-,36+,37-,38+/m0/s1. The number of ether oxygens (including phenoxy) is 7. The topological polar surface area (TPSA) is 112 Å². The molecule has 11 nitrogen and oxygen atoms in total. The molecule has 0 radical (unpaired) electrons. The Kier molecular flexibility index (Phi) is 10.4. The van der Waals surface area contributed by atoms with E-state index >= 15 is 0 Å². The Bertz CT molecular complexity index is 1710. The molecule has 7 rings (SSSR count). The van der Waals surface area contributed by atoms with E-state index in [9.17, 15) is 4.79 Å². The van der Waals surface area contributed by atoms with Gasteiger partial charge < -0.3 is 33.2 Å². The zero-order chi connectivity index (χ0) is 35.5. The van der Waals surface area contributed by atoms with E-state index in [0.717, 1.165) is 46.9 Å². The first-order valence-corrected chi connectivity index (χ1v) is 17.9.